The van der Waals surface area contributed by atoms with Gasteiger partial charge in [0.25, 0.3) is 5.91 Å². The lowest BCUT2D eigenvalue weighted by molar-refractivity contribution is 0.0950. The van der Waals surface area contributed by atoms with Crippen molar-refractivity contribution in [3.05, 3.63) is 4.88 Å². The van der Waals surface area contributed by atoms with Crippen molar-refractivity contribution in [2.75, 3.05) is 31.3 Å². The molecule has 0 saturated heterocycles. The van der Waals surface area contributed by atoms with Crippen molar-refractivity contribution in [2.45, 2.75) is 19.4 Å². The number of nitrogen functional groups attached to an aromatic ring is 1. The Kier molecular flexibility index (Phi) is 4.71. The highest BCUT2D eigenvalue weighted by atomic mass is 32.1. The Bertz CT molecular complexity index is 390. The van der Waals surface area contributed by atoms with E-state index in [1.54, 1.807) is 11.8 Å². The van der Waals surface area contributed by atoms with Crippen LogP contribution in [0.3, 0.4) is 0 Å². The lowest BCUT2D eigenvalue weighted by Gasteiger charge is -2.06. The highest BCUT2D eigenvalue weighted by Gasteiger charge is 2.16. The van der Waals surface area contributed by atoms with Gasteiger partial charge in [0, 0.05) is 20.6 Å². The number of aliphatic hydroxyl groups excluding tert-OH is 1. The molecule has 0 aliphatic heterocycles. The van der Waals surface area contributed by atoms with Gasteiger partial charge in [0.15, 0.2) is 5.13 Å². The molecular weight excluding hydrogens is 240 g/mol. The highest BCUT2D eigenvalue weighted by Crippen LogP contribution is 2.26. The fourth-order valence-corrected chi connectivity index (χ4v) is 1.97. The van der Waals surface area contributed by atoms with E-state index in [4.69, 9.17) is 10.8 Å². The first-order valence-electron chi connectivity index (χ1n) is 5.31. The number of rotatable bonds is 5. The summed E-state index contributed by atoms with van der Waals surface area (Å²) < 4.78 is 0. The molecule has 0 aliphatic carbocycles. The monoisotopic (exact) mass is 258 g/mol. The third-order valence-corrected chi connectivity index (χ3v) is 3.32. The predicted molar refractivity (Wildman–Crippen MR) is 69.5 cm³/mol. The second kappa shape index (κ2) is 5.83. The number of hydrogen-bond acceptors (Lipinski definition) is 6. The first kappa shape index (κ1) is 13.7. The molecule has 96 valence electrons. The van der Waals surface area contributed by atoms with Crippen LogP contribution < -0.4 is 16.0 Å². The smallest absolute Gasteiger partial charge is 0.265 e. The summed E-state index contributed by atoms with van der Waals surface area (Å²) in [5, 5.41) is 12.5. The number of carbonyl (C=O) groups is 1. The molecule has 7 heteroatoms. The first-order valence-corrected chi connectivity index (χ1v) is 6.13. The van der Waals surface area contributed by atoms with Crippen molar-refractivity contribution in [2.24, 2.45) is 0 Å². The largest absolute Gasteiger partial charge is 0.393 e. The third-order valence-electron chi connectivity index (χ3n) is 2.08. The SMILES string of the molecule is CC(O)CCNC(=O)c1sc(N(C)C)nc1N. The predicted octanol–water partition coefficient (Wildman–Crippen LogP) is 0.292. The summed E-state index contributed by atoms with van der Waals surface area (Å²) in [6.07, 6.45) is 0.0942. The summed E-state index contributed by atoms with van der Waals surface area (Å²) >= 11 is 1.25. The van der Waals surface area contributed by atoms with Crippen molar-refractivity contribution in [3.63, 3.8) is 0 Å². The van der Waals surface area contributed by atoms with Gasteiger partial charge in [0.05, 0.1) is 6.10 Å². The van der Waals surface area contributed by atoms with Gasteiger partial charge in [-0.2, -0.15) is 0 Å². The van der Waals surface area contributed by atoms with Gasteiger partial charge in [-0.25, -0.2) is 4.98 Å². The van der Waals surface area contributed by atoms with Crippen LogP contribution in [0.2, 0.25) is 0 Å². The number of thiazole rings is 1. The molecule has 6 nitrogen and oxygen atoms in total. The molecule has 0 fully saturated rings. The average molecular weight is 258 g/mol. The van der Waals surface area contributed by atoms with E-state index < -0.39 is 6.10 Å². The minimum Gasteiger partial charge on any atom is -0.393 e. The molecule has 1 rings (SSSR count). The van der Waals surface area contributed by atoms with Gasteiger partial charge in [0.2, 0.25) is 0 Å². The zero-order valence-corrected chi connectivity index (χ0v) is 11.0. The fourth-order valence-electron chi connectivity index (χ4n) is 1.15. The lowest BCUT2D eigenvalue weighted by Crippen LogP contribution is -2.26. The van der Waals surface area contributed by atoms with E-state index in [1.165, 1.54) is 11.3 Å². The summed E-state index contributed by atoms with van der Waals surface area (Å²) in [4.78, 5) is 18.1. The Labute approximate surface area is 104 Å². The number of aromatic nitrogens is 1. The second-order valence-corrected chi connectivity index (χ2v) is 4.98. The van der Waals surface area contributed by atoms with E-state index in [-0.39, 0.29) is 11.7 Å². The molecule has 17 heavy (non-hydrogen) atoms. The zero-order chi connectivity index (χ0) is 13.0. The standard InChI is InChI=1S/C10H18N4O2S/c1-6(15)4-5-12-9(16)7-8(11)13-10(17-7)14(2)3/h6,15H,4-5,11H2,1-3H3,(H,12,16). The van der Waals surface area contributed by atoms with Crippen molar-refractivity contribution in [1.82, 2.24) is 10.3 Å². The van der Waals surface area contributed by atoms with Gasteiger partial charge in [-0.15, -0.1) is 0 Å². The van der Waals surface area contributed by atoms with Gasteiger partial charge in [-0.3, -0.25) is 4.79 Å². The van der Waals surface area contributed by atoms with Crippen LogP contribution in [0.25, 0.3) is 0 Å². The average Bonchev–Trinajstić information content (AvgIpc) is 2.59. The molecule has 0 radical (unpaired) electrons. The van der Waals surface area contributed by atoms with Gasteiger partial charge < -0.3 is 21.1 Å². The maximum absolute atomic E-state index is 11.8. The van der Waals surface area contributed by atoms with Gasteiger partial charge in [-0.05, 0) is 13.3 Å². The number of hydrogen-bond donors (Lipinski definition) is 3. The van der Waals surface area contributed by atoms with E-state index in [0.29, 0.717) is 23.0 Å². The normalized spacial score (nSPS) is 12.2. The molecule has 1 atom stereocenters. The van der Waals surface area contributed by atoms with Crippen LogP contribution in [0.15, 0.2) is 0 Å². The maximum atomic E-state index is 11.8. The van der Waals surface area contributed by atoms with Crippen LogP contribution >= 0.6 is 11.3 Å². The number of nitrogens with zero attached hydrogens (tertiary/aromatic N) is 2. The molecule has 0 aliphatic rings. The summed E-state index contributed by atoms with van der Waals surface area (Å²) in [6.45, 7) is 2.10. The molecule has 1 aromatic rings. The van der Waals surface area contributed by atoms with Crippen molar-refractivity contribution in [1.29, 1.82) is 0 Å². The summed E-state index contributed by atoms with van der Waals surface area (Å²) in [5.74, 6) is 0.00185. The van der Waals surface area contributed by atoms with Crippen molar-refractivity contribution >= 4 is 28.2 Å². The van der Waals surface area contributed by atoms with Gasteiger partial charge in [-0.1, -0.05) is 11.3 Å². The van der Waals surface area contributed by atoms with Crippen LogP contribution in [0, 0.1) is 0 Å². The molecular formula is C10H18N4O2S. The Morgan fingerprint density at radius 1 is 1.65 bits per heavy atom. The van der Waals surface area contributed by atoms with Crippen LogP contribution in [0.1, 0.15) is 23.0 Å². The van der Waals surface area contributed by atoms with E-state index in [9.17, 15) is 4.79 Å². The van der Waals surface area contributed by atoms with E-state index >= 15 is 0 Å². The van der Waals surface area contributed by atoms with Crippen molar-refractivity contribution < 1.29 is 9.90 Å². The van der Waals surface area contributed by atoms with E-state index in [1.807, 2.05) is 14.1 Å². The van der Waals surface area contributed by atoms with E-state index in [2.05, 4.69) is 10.3 Å². The molecule has 0 aromatic carbocycles. The molecule has 1 aromatic heterocycles. The molecule has 4 N–H and O–H groups in total. The molecule has 1 amide bonds. The summed E-state index contributed by atoms with van der Waals surface area (Å²) in [7, 11) is 3.68. The van der Waals surface area contributed by atoms with Gasteiger partial charge >= 0.3 is 0 Å². The first-order chi connectivity index (χ1) is 7.91. The number of nitrogens with one attached hydrogen (secondary N) is 1. The minimum atomic E-state index is -0.425. The Balaban J connectivity index is 2.62. The van der Waals surface area contributed by atoms with Crippen LogP contribution in [-0.4, -0.2) is 42.7 Å². The summed E-state index contributed by atoms with van der Waals surface area (Å²) in [6, 6.07) is 0. The molecule has 0 bridgehead atoms. The third kappa shape index (κ3) is 3.86. The van der Waals surface area contributed by atoms with E-state index in [0.717, 1.165) is 0 Å². The van der Waals surface area contributed by atoms with Crippen LogP contribution in [-0.2, 0) is 0 Å². The lowest BCUT2D eigenvalue weighted by atomic mass is 10.3. The Hall–Kier alpha value is -1.34. The number of nitrogens with two attached hydrogens (primary N) is 1. The van der Waals surface area contributed by atoms with Crippen molar-refractivity contribution in [3.8, 4) is 0 Å². The minimum absolute atomic E-state index is 0.242. The number of aliphatic hydroxyl groups is 1. The quantitative estimate of drug-likeness (QED) is 0.706. The van der Waals surface area contributed by atoms with Crippen LogP contribution in [0.5, 0.6) is 0 Å². The zero-order valence-electron chi connectivity index (χ0n) is 10.2. The van der Waals surface area contributed by atoms with Gasteiger partial charge in [0.1, 0.15) is 10.7 Å². The number of amides is 1. The number of anilines is 2. The molecule has 1 unspecified atom stereocenters. The van der Waals surface area contributed by atoms with Crippen LogP contribution in [0.4, 0.5) is 10.9 Å². The second-order valence-electron chi connectivity index (χ2n) is 4.00. The Morgan fingerprint density at radius 2 is 2.29 bits per heavy atom. The topological polar surface area (TPSA) is 91.5 Å². The highest BCUT2D eigenvalue weighted by molar-refractivity contribution is 7.18. The number of carbonyl (C=O) groups excluding carboxylic acids is 1. The maximum Gasteiger partial charge on any atom is 0.265 e. The Morgan fingerprint density at radius 3 is 2.76 bits per heavy atom. The molecule has 1 heterocycles. The molecule has 0 spiro atoms. The fraction of sp³-hybridized carbons (Fsp3) is 0.600. The summed E-state index contributed by atoms with van der Waals surface area (Å²) in [5.41, 5.74) is 5.67. The molecule has 0 saturated carbocycles.